The molecule has 0 spiro atoms. The molecule has 2 nitrogen and oxygen atoms in total. The lowest BCUT2D eigenvalue weighted by Gasteiger charge is -2.27. The molecule has 1 unspecified atom stereocenters. The van der Waals surface area contributed by atoms with Gasteiger partial charge in [0.1, 0.15) is 0 Å². The average molecular weight is 193 g/mol. The van der Waals surface area contributed by atoms with Gasteiger partial charge in [0.15, 0.2) is 0 Å². The molecule has 0 saturated carbocycles. The first kappa shape index (κ1) is 11.2. The maximum absolute atomic E-state index is 5.80. The molecule has 1 atom stereocenters. The Kier molecular flexibility index (Phi) is 3.67. The molecule has 78 valence electrons. The second kappa shape index (κ2) is 4.58. The molecule has 0 fully saturated rings. The largest absolute Gasteiger partial charge is 0.384 e. The number of ether oxygens (including phenoxy) is 1. The number of benzene rings is 1. The van der Waals surface area contributed by atoms with Gasteiger partial charge in [0.25, 0.3) is 0 Å². The first-order valence-electron chi connectivity index (χ1n) is 4.88. The van der Waals surface area contributed by atoms with E-state index in [1.165, 1.54) is 11.1 Å². The van der Waals surface area contributed by atoms with Gasteiger partial charge < -0.3 is 10.5 Å². The lowest BCUT2D eigenvalue weighted by atomic mass is 9.83. The van der Waals surface area contributed by atoms with Crippen LogP contribution in [0.2, 0.25) is 0 Å². The molecule has 2 N–H and O–H groups in total. The van der Waals surface area contributed by atoms with Crippen molar-refractivity contribution in [3.05, 3.63) is 35.4 Å². The van der Waals surface area contributed by atoms with Crippen LogP contribution < -0.4 is 5.73 Å². The summed E-state index contributed by atoms with van der Waals surface area (Å²) >= 11 is 0. The zero-order valence-corrected chi connectivity index (χ0v) is 9.21. The molecule has 0 radical (unpaired) electrons. The summed E-state index contributed by atoms with van der Waals surface area (Å²) in [6.07, 6.45) is 0. The minimum Gasteiger partial charge on any atom is -0.384 e. The third-order valence-electron chi connectivity index (χ3n) is 2.63. The van der Waals surface area contributed by atoms with Crippen molar-refractivity contribution in [1.29, 1.82) is 0 Å². The molecule has 2 heteroatoms. The number of hydrogen-bond acceptors (Lipinski definition) is 2. The highest BCUT2D eigenvalue weighted by Crippen LogP contribution is 2.23. The predicted octanol–water partition coefficient (Wildman–Crippen LogP) is 1.86. The monoisotopic (exact) mass is 193 g/mol. The molecule has 1 rings (SSSR count). The van der Waals surface area contributed by atoms with Gasteiger partial charge in [-0.3, -0.25) is 0 Å². The van der Waals surface area contributed by atoms with Crippen LogP contribution in [0.4, 0.5) is 0 Å². The zero-order chi connectivity index (χ0) is 10.6. The summed E-state index contributed by atoms with van der Waals surface area (Å²) in [5, 5.41) is 0. The van der Waals surface area contributed by atoms with Crippen molar-refractivity contribution in [1.82, 2.24) is 0 Å². The second-order valence-electron chi connectivity index (χ2n) is 4.07. The Morgan fingerprint density at radius 3 is 2.64 bits per heavy atom. The SMILES string of the molecule is COCC(C)(CN)c1cccc(C)c1. The molecular weight excluding hydrogens is 174 g/mol. The van der Waals surface area contributed by atoms with E-state index >= 15 is 0 Å². The standard InChI is InChI=1S/C12H19NO/c1-10-5-4-6-11(7-10)12(2,8-13)9-14-3/h4-7H,8-9,13H2,1-3H3. The fourth-order valence-electron chi connectivity index (χ4n) is 1.60. The van der Waals surface area contributed by atoms with E-state index in [2.05, 4.69) is 38.1 Å². The molecule has 0 amide bonds. The Balaban J connectivity index is 2.99. The molecule has 1 aromatic rings. The second-order valence-corrected chi connectivity index (χ2v) is 4.07. The van der Waals surface area contributed by atoms with Gasteiger partial charge in [-0.1, -0.05) is 36.8 Å². The number of hydrogen-bond donors (Lipinski definition) is 1. The Morgan fingerprint density at radius 1 is 1.43 bits per heavy atom. The van der Waals surface area contributed by atoms with Crippen LogP contribution >= 0.6 is 0 Å². The van der Waals surface area contributed by atoms with Crippen LogP contribution in [0.15, 0.2) is 24.3 Å². The fourth-order valence-corrected chi connectivity index (χ4v) is 1.60. The first-order chi connectivity index (χ1) is 6.62. The lowest BCUT2D eigenvalue weighted by molar-refractivity contribution is 0.141. The Morgan fingerprint density at radius 2 is 2.14 bits per heavy atom. The topological polar surface area (TPSA) is 35.2 Å². The van der Waals surface area contributed by atoms with Crippen molar-refractivity contribution < 1.29 is 4.74 Å². The highest BCUT2D eigenvalue weighted by Gasteiger charge is 2.24. The molecule has 14 heavy (non-hydrogen) atoms. The lowest BCUT2D eigenvalue weighted by Crippen LogP contribution is -2.36. The maximum Gasteiger partial charge on any atom is 0.0568 e. The number of aryl methyl sites for hydroxylation is 1. The highest BCUT2D eigenvalue weighted by molar-refractivity contribution is 5.29. The summed E-state index contributed by atoms with van der Waals surface area (Å²) in [6, 6.07) is 8.44. The van der Waals surface area contributed by atoms with E-state index in [0.717, 1.165) is 0 Å². The minimum atomic E-state index is -0.0687. The molecular formula is C12H19NO. The molecule has 0 heterocycles. The van der Waals surface area contributed by atoms with Crippen LogP contribution in [0.25, 0.3) is 0 Å². The molecule has 1 aromatic carbocycles. The maximum atomic E-state index is 5.80. The van der Waals surface area contributed by atoms with Gasteiger partial charge in [0, 0.05) is 19.1 Å². The van der Waals surface area contributed by atoms with E-state index in [0.29, 0.717) is 13.2 Å². The van der Waals surface area contributed by atoms with Gasteiger partial charge in [-0.2, -0.15) is 0 Å². The normalized spacial score (nSPS) is 15.1. The Labute approximate surface area is 86.1 Å². The van der Waals surface area contributed by atoms with Gasteiger partial charge in [-0.15, -0.1) is 0 Å². The molecule has 0 aromatic heterocycles. The predicted molar refractivity (Wildman–Crippen MR) is 59.5 cm³/mol. The molecule has 0 aliphatic rings. The number of rotatable bonds is 4. The van der Waals surface area contributed by atoms with Crippen molar-refractivity contribution in [3.8, 4) is 0 Å². The average Bonchev–Trinajstić information content (AvgIpc) is 2.18. The first-order valence-corrected chi connectivity index (χ1v) is 4.88. The van der Waals surface area contributed by atoms with E-state index in [1.807, 2.05) is 0 Å². The van der Waals surface area contributed by atoms with Crippen molar-refractivity contribution in [2.45, 2.75) is 19.3 Å². The summed E-state index contributed by atoms with van der Waals surface area (Å²) in [4.78, 5) is 0. The van der Waals surface area contributed by atoms with Crippen molar-refractivity contribution in [2.75, 3.05) is 20.3 Å². The summed E-state index contributed by atoms with van der Waals surface area (Å²) in [7, 11) is 1.71. The molecule has 0 aliphatic heterocycles. The van der Waals surface area contributed by atoms with E-state index in [4.69, 9.17) is 10.5 Å². The van der Waals surface area contributed by atoms with Crippen molar-refractivity contribution in [2.24, 2.45) is 5.73 Å². The van der Waals surface area contributed by atoms with Gasteiger partial charge in [-0.05, 0) is 12.5 Å². The summed E-state index contributed by atoms with van der Waals surface area (Å²) in [6.45, 7) is 5.48. The van der Waals surface area contributed by atoms with Gasteiger partial charge in [-0.25, -0.2) is 0 Å². The Hall–Kier alpha value is -0.860. The van der Waals surface area contributed by atoms with E-state index in [9.17, 15) is 0 Å². The van der Waals surface area contributed by atoms with E-state index in [-0.39, 0.29) is 5.41 Å². The molecule has 0 aliphatic carbocycles. The van der Waals surface area contributed by atoms with Gasteiger partial charge in [0.05, 0.1) is 6.61 Å². The third-order valence-corrected chi connectivity index (χ3v) is 2.63. The van der Waals surface area contributed by atoms with Crippen LogP contribution in [0.1, 0.15) is 18.1 Å². The number of nitrogens with two attached hydrogens (primary N) is 1. The fraction of sp³-hybridized carbons (Fsp3) is 0.500. The van der Waals surface area contributed by atoms with Crippen LogP contribution in [-0.2, 0) is 10.2 Å². The van der Waals surface area contributed by atoms with E-state index in [1.54, 1.807) is 7.11 Å². The van der Waals surface area contributed by atoms with Gasteiger partial charge in [0.2, 0.25) is 0 Å². The van der Waals surface area contributed by atoms with Crippen LogP contribution in [0, 0.1) is 6.92 Å². The smallest absolute Gasteiger partial charge is 0.0568 e. The summed E-state index contributed by atoms with van der Waals surface area (Å²) in [5.74, 6) is 0. The molecule has 0 saturated heterocycles. The minimum absolute atomic E-state index is 0.0687. The van der Waals surface area contributed by atoms with Gasteiger partial charge >= 0.3 is 0 Å². The van der Waals surface area contributed by atoms with Crippen LogP contribution in [0.3, 0.4) is 0 Å². The van der Waals surface area contributed by atoms with Crippen LogP contribution in [-0.4, -0.2) is 20.3 Å². The Bertz CT molecular complexity index is 298. The van der Waals surface area contributed by atoms with Crippen molar-refractivity contribution >= 4 is 0 Å². The highest BCUT2D eigenvalue weighted by atomic mass is 16.5. The van der Waals surface area contributed by atoms with Crippen LogP contribution in [0.5, 0.6) is 0 Å². The summed E-state index contributed by atoms with van der Waals surface area (Å²) in [5.41, 5.74) is 8.24. The summed E-state index contributed by atoms with van der Waals surface area (Å²) < 4.78 is 5.21. The third kappa shape index (κ3) is 2.34. The zero-order valence-electron chi connectivity index (χ0n) is 9.21. The van der Waals surface area contributed by atoms with E-state index < -0.39 is 0 Å². The quantitative estimate of drug-likeness (QED) is 0.792. The molecule has 0 bridgehead atoms. The van der Waals surface area contributed by atoms with Crippen molar-refractivity contribution in [3.63, 3.8) is 0 Å². The number of methoxy groups -OCH3 is 1.